The lowest BCUT2D eigenvalue weighted by Crippen LogP contribution is -2.44. The molecule has 46 heavy (non-hydrogen) atoms. The summed E-state index contributed by atoms with van der Waals surface area (Å²) < 4.78 is 12.2. The molecule has 10 nitrogen and oxygen atoms in total. The number of hydrogen-bond acceptors (Lipinski definition) is 7. The number of para-hydroxylation sites is 1. The number of unbranched alkanes of at least 4 members (excludes halogenated alkanes) is 1. The zero-order valence-corrected chi connectivity index (χ0v) is 26.9. The first-order valence-corrected chi connectivity index (χ1v) is 15.6. The molecule has 0 aliphatic carbocycles. The number of hydrogen-bond donors (Lipinski definition) is 3. The number of piperazine rings is 1. The topological polar surface area (TPSA) is 116 Å². The van der Waals surface area contributed by atoms with Gasteiger partial charge in [-0.05, 0) is 69.1 Å². The number of anilines is 1. The van der Waals surface area contributed by atoms with E-state index in [2.05, 4.69) is 38.4 Å². The predicted molar refractivity (Wildman–Crippen MR) is 180 cm³/mol. The van der Waals surface area contributed by atoms with Crippen LogP contribution < -0.4 is 20.1 Å². The predicted octanol–water partition coefficient (Wildman–Crippen LogP) is 5.28. The molecule has 240 valence electrons. The van der Waals surface area contributed by atoms with Gasteiger partial charge in [0.15, 0.2) is 5.75 Å². The van der Waals surface area contributed by atoms with Crippen molar-refractivity contribution in [3.63, 3.8) is 0 Å². The van der Waals surface area contributed by atoms with Gasteiger partial charge in [0.25, 0.3) is 11.8 Å². The molecule has 0 radical (unpaired) electrons. The smallest absolute Gasteiger partial charge is 0.257 e. The van der Waals surface area contributed by atoms with E-state index in [1.807, 2.05) is 43.3 Å². The number of rotatable bonds is 12. The van der Waals surface area contributed by atoms with Gasteiger partial charge in [-0.15, -0.1) is 0 Å². The summed E-state index contributed by atoms with van der Waals surface area (Å²) in [6, 6.07) is 16.6. The Hall–Kier alpha value is -5.05. The van der Waals surface area contributed by atoms with Crippen molar-refractivity contribution in [1.82, 2.24) is 20.1 Å². The van der Waals surface area contributed by atoms with Crippen LogP contribution in [0, 0.1) is 6.92 Å². The average molecular weight is 624 g/mol. The van der Waals surface area contributed by atoms with Crippen molar-refractivity contribution in [2.24, 2.45) is 0 Å². The Kier molecular flexibility index (Phi) is 10.4. The molecule has 1 aliphatic rings. The number of carbonyl (C=O) groups is 2. The number of allylic oxidation sites excluding steroid dienone is 1. The molecular formula is C36H41N5O5. The van der Waals surface area contributed by atoms with E-state index in [1.54, 1.807) is 31.4 Å². The second-order valence-electron chi connectivity index (χ2n) is 11.5. The summed E-state index contributed by atoms with van der Waals surface area (Å²) in [5.74, 6) is 2.47. The van der Waals surface area contributed by atoms with Gasteiger partial charge in [-0.3, -0.25) is 9.59 Å². The largest absolute Gasteiger partial charge is 0.494 e. The van der Waals surface area contributed by atoms with E-state index < -0.39 is 0 Å². The normalized spacial score (nSPS) is 13.3. The highest BCUT2D eigenvalue weighted by Crippen LogP contribution is 2.44. The third-order valence-electron chi connectivity index (χ3n) is 8.39. The summed E-state index contributed by atoms with van der Waals surface area (Å²) in [5, 5.41) is 6.63. The van der Waals surface area contributed by atoms with Crippen LogP contribution in [0.1, 0.15) is 45.5 Å². The van der Waals surface area contributed by atoms with Gasteiger partial charge in [0.2, 0.25) is 0 Å². The number of benzene rings is 3. The molecule has 0 bridgehead atoms. The first kappa shape index (κ1) is 32.3. The van der Waals surface area contributed by atoms with Crippen LogP contribution in [0.4, 0.5) is 5.69 Å². The number of aromatic nitrogens is 1. The summed E-state index contributed by atoms with van der Waals surface area (Å²) in [5.41, 5.74) is 4.90. The molecule has 1 fully saturated rings. The lowest BCUT2D eigenvalue weighted by atomic mass is 9.95. The number of nitrogens with one attached hydrogen (secondary N) is 3. The lowest BCUT2D eigenvalue weighted by Gasteiger charge is -2.34. The molecule has 1 aliphatic heterocycles. The minimum Gasteiger partial charge on any atom is -0.494 e. The molecule has 1 aromatic heterocycles. The van der Waals surface area contributed by atoms with Crippen LogP contribution in [0.2, 0.25) is 0 Å². The molecule has 0 unspecified atom stereocenters. The van der Waals surface area contributed by atoms with Crippen molar-refractivity contribution in [1.29, 1.82) is 0 Å². The second-order valence-corrected chi connectivity index (χ2v) is 11.5. The molecule has 10 heteroatoms. The van der Waals surface area contributed by atoms with E-state index >= 15 is 0 Å². The number of carbonyl (C=O) groups excluding carboxylic acids is 3. The number of aryl methyl sites for hydroxylation is 1. The molecular weight excluding hydrogens is 582 g/mol. The molecule has 3 N–H and O–H groups in total. The Balaban J connectivity index is 1.39. The minimum atomic E-state index is -0.314. The van der Waals surface area contributed by atoms with E-state index in [1.165, 1.54) is 7.11 Å². The van der Waals surface area contributed by atoms with Crippen LogP contribution in [0.25, 0.3) is 22.0 Å². The van der Waals surface area contributed by atoms with Crippen LogP contribution in [0.5, 0.6) is 11.5 Å². The molecule has 1 saturated heterocycles. The summed E-state index contributed by atoms with van der Waals surface area (Å²) in [6.07, 6.45) is 3.94. The van der Waals surface area contributed by atoms with Gasteiger partial charge in [-0.25, -0.2) is 4.79 Å². The zero-order valence-electron chi connectivity index (χ0n) is 26.9. The van der Waals surface area contributed by atoms with Gasteiger partial charge >= 0.3 is 0 Å². The Morgan fingerprint density at radius 2 is 1.78 bits per heavy atom. The maximum absolute atomic E-state index is 13.5. The van der Waals surface area contributed by atoms with E-state index in [0.29, 0.717) is 52.5 Å². The van der Waals surface area contributed by atoms with Gasteiger partial charge in [0.05, 0.1) is 41.7 Å². The zero-order chi connectivity index (χ0) is 32.6. The number of ether oxygens (including phenoxy) is 2. The number of aromatic amines is 1. The van der Waals surface area contributed by atoms with Crippen molar-refractivity contribution in [3.05, 3.63) is 83.2 Å². The van der Waals surface area contributed by atoms with Crippen molar-refractivity contribution >= 4 is 34.3 Å². The highest BCUT2D eigenvalue weighted by atomic mass is 16.5. The van der Waals surface area contributed by atoms with Crippen molar-refractivity contribution in [3.8, 4) is 22.6 Å². The average Bonchev–Trinajstić information content (AvgIpc) is 3.56. The third-order valence-corrected chi connectivity index (χ3v) is 8.39. The molecule has 3 aromatic carbocycles. The summed E-state index contributed by atoms with van der Waals surface area (Å²) in [6.45, 7) is 5.92. The minimum absolute atomic E-state index is 0.300. The summed E-state index contributed by atoms with van der Waals surface area (Å²) >= 11 is 0. The molecule has 0 saturated carbocycles. The number of methoxy groups -OCH3 is 1. The Bertz CT molecular complexity index is 1770. The molecule has 2 amide bonds. The van der Waals surface area contributed by atoms with E-state index in [0.717, 1.165) is 61.2 Å². The number of fused-ring (bicyclic) bond motifs is 1. The third kappa shape index (κ3) is 7.09. The Labute approximate surface area is 269 Å². The molecule has 5 rings (SSSR count). The summed E-state index contributed by atoms with van der Waals surface area (Å²) in [7, 11) is 5.17. The molecule has 2 heterocycles. The van der Waals surface area contributed by atoms with Crippen molar-refractivity contribution in [2.45, 2.75) is 26.2 Å². The molecule has 0 atom stereocenters. The Morgan fingerprint density at radius 1 is 0.978 bits per heavy atom. The number of likely N-dealkylation sites (N-methyl/N-ethyl adjacent to an activating group) is 1. The van der Waals surface area contributed by atoms with Crippen LogP contribution >= 0.6 is 0 Å². The van der Waals surface area contributed by atoms with Crippen LogP contribution in [-0.4, -0.2) is 86.5 Å². The number of amides is 2. The number of nitrogens with zero attached hydrogens (tertiary/aromatic N) is 2. The fourth-order valence-electron chi connectivity index (χ4n) is 5.83. The van der Waals surface area contributed by atoms with E-state index in [4.69, 9.17) is 9.47 Å². The summed E-state index contributed by atoms with van der Waals surface area (Å²) in [4.78, 5) is 45.8. The SMILES string of the molecule is CNC(=O)c1ccc(NC(=O)c2cccc3cc[nH]c23)c(OC)c1-c1ccc(C)cc1OCCCCC(=C=O)N1CCN(C)CC1. The van der Waals surface area contributed by atoms with Gasteiger partial charge in [-0.1, -0.05) is 24.3 Å². The van der Waals surface area contributed by atoms with Crippen LogP contribution in [-0.2, 0) is 4.79 Å². The standard InChI is InChI=1S/C36H41N5O5/c1-24-11-12-27(31(22-24)46-21-6-5-9-26(23-42)41-19-17-40(3)18-20-41)32-28(35(43)37-2)13-14-30(34(32)45-4)39-36(44)29-10-7-8-25-15-16-38-33(25)29/h7-8,10-16,22,38H,5-6,9,17-21H2,1-4H3,(H,37,43)(H,39,44). The quantitative estimate of drug-likeness (QED) is 0.145. The number of H-pyrrole nitrogens is 1. The molecule has 0 spiro atoms. The molecule has 4 aromatic rings. The first-order chi connectivity index (χ1) is 22.3. The highest BCUT2D eigenvalue weighted by molar-refractivity contribution is 6.13. The second kappa shape index (κ2) is 14.8. The highest BCUT2D eigenvalue weighted by Gasteiger charge is 2.25. The van der Waals surface area contributed by atoms with Crippen LogP contribution in [0.15, 0.2) is 66.5 Å². The van der Waals surface area contributed by atoms with E-state index in [9.17, 15) is 14.4 Å². The maximum atomic E-state index is 13.5. The Morgan fingerprint density at radius 3 is 2.52 bits per heavy atom. The lowest BCUT2D eigenvalue weighted by molar-refractivity contribution is 0.0962. The van der Waals surface area contributed by atoms with Gasteiger partial charge < -0.3 is 34.9 Å². The fourth-order valence-corrected chi connectivity index (χ4v) is 5.83. The maximum Gasteiger partial charge on any atom is 0.257 e. The first-order valence-electron chi connectivity index (χ1n) is 15.6. The fraction of sp³-hybridized carbons (Fsp3) is 0.333. The van der Waals surface area contributed by atoms with Crippen molar-refractivity contribution < 1.29 is 23.9 Å². The van der Waals surface area contributed by atoms with Gasteiger partial charge in [0, 0.05) is 55.9 Å². The van der Waals surface area contributed by atoms with Crippen molar-refractivity contribution in [2.75, 3.05) is 59.3 Å². The van der Waals surface area contributed by atoms with E-state index in [-0.39, 0.29) is 11.8 Å². The monoisotopic (exact) mass is 623 g/mol. The van der Waals surface area contributed by atoms with Crippen LogP contribution in [0.3, 0.4) is 0 Å². The van der Waals surface area contributed by atoms with Gasteiger partial charge in [0.1, 0.15) is 11.7 Å². The van der Waals surface area contributed by atoms with Gasteiger partial charge in [-0.2, -0.15) is 0 Å².